The minimum absolute atomic E-state index is 0.290. The lowest BCUT2D eigenvalue weighted by atomic mass is 10.0. The Labute approximate surface area is 194 Å². The third-order valence-electron chi connectivity index (χ3n) is 5.52. The molecular formula is C25H20ClN5O2. The molecule has 3 N–H and O–H groups in total. The Kier molecular flexibility index (Phi) is 5.54. The van der Waals surface area contributed by atoms with Crippen molar-refractivity contribution >= 4 is 45.4 Å². The summed E-state index contributed by atoms with van der Waals surface area (Å²) in [6, 6.07) is 21.2. The number of benzene rings is 3. The number of fused-ring (bicyclic) bond motifs is 2. The van der Waals surface area contributed by atoms with Crippen LogP contribution in [0.3, 0.4) is 0 Å². The number of aromatic nitrogens is 3. The number of rotatable bonds is 6. The van der Waals surface area contributed by atoms with Crippen molar-refractivity contribution < 1.29 is 9.59 Å². The van der Waals surface area contributed by atoms with Gasteiger partial charge in [-0.1, -0.05) is 54.1 Å². The normalized spacial score (nSPS) is 12.0. The van der Waals surface area contributed by atoms with Gasteiger partial charge < -0.3 is 10.3 Å². The SMILES string of the molecule is O=C(N[C@@H](Cc1c[nH]c2ccccc12)C(=O)Nn1cnc2ccccc21)c1ccccc1Cl. The molecule has 8 heteroatoms. The molecule has 0 bridgehead atoms. The topological polar surface area (TPSA) is 91.8 Å². The maximum Gasteiger partial charge on any atom is 0.261 e. The minimum Gasteiger partial charge on any atom is -0.361 e. The zero-order valence-electron chi connectivity index (χ0n) is 17.5. The van der Waals surface area contributed by atoms with Gasteiger partial charge in [0.2, 0.25) is 0 Å². The first-order valence-corrected chi connectivity index (χ1v) is 10.8. The van der Waals surface area contributed by atoms with E-state index in [9.17, 15) is 9.59 Å². The van der Waals surface area contributed by atoms with Crippen LogP contribution in [0.15, 0.2) is 85.3 Å². The first-order valence-electron chi connectivity index (χ1n) is 10.4. The van der Waals surface area contributed by atoms with Crippen molar-refractivity contribution in [2.75, 3.05) is 5.43 Å². The van der Waals surface area contributed by atoms with Gasteiger partial charge >= 0.3 is 0 Å². The van der Waals surface area contributed by atoms with Crippen molar-refractivity contribution in [2.45, 2.75) is 12.5 Å². The molecule has 3 aromatic carbocycles. The van der Waals surface area contributed by atoms with Crippen LogP contribution < -0.4 is 10.7 Å². The largest absolute Gasteiger partial charge is 0.361 e. The van der Waals surface area contributed by atoms with Crippen LogP contribution in [0.25, 0.3) is 21.9 Å². The van der Waals surface area contributed by atoms with Crippen molar-refractivity contribution in [2.24, 2.45) is 0 Å². The summed E-state index contributed by atoms with van der Waals surface area (Å²) in [5.41, 5.74) is 6.56. The second kappa shape index (κ2) is 8.80. The average Bonchev–Trinajstić information content (AvgIpc) is 3.43. The highest BCUT2D eigenvalue weighted by Crippen LogP contribution is 2.20. The third kappa shape index (κ3) is 4.18. The van der Waals surface area contributed by atoms with E-state index >= 15 is 0 Å². The molecule has 0 radical (unpaired) electrons. The number of nitrogens with one attached hydrogen (secondary N) is 3. The van der Waals surface area contributed by atoms with Crippen molar-refractivity contribution in [1.29, 1.82) is 0 Å². The Hall–Kier alpha value is -4.10. The molecule has 164 valence electrons. The van der Waals surface area contributed by atoms with Crippen molar-refractivity contribution in [1.82, 2.24) is 20.0 Å². The maximum atomic E-state index is 13.4. The molecule has 0 aliphatic rings. The zero-order valence-corrected chi connectivity index (χ0v) is 18.2. The lowest BCUT2D eigenvalue weighted by Gasteiger charge is -2.19. The standard InChI is InChI=1S/C25H20ClN5O2/c26-19-9-3-1-8-18(19)24(32)29-22(13-16-14-27-20-10-4-2-7-17(16)20)25(33)30-31-15-28-21-11-5-6-12-23(21)31/h1-12,14-15,22,27H,13H2,(H,29,32)(H,30,33)/t22-/m0/s1. The third-order valence-corrected chi connectivity index (χ3v) is 5.85. The Balaban J connectivity index is 1.45. The van der Waals surface area contributed by atoms with E-state index in [1.54, 1.807) is 35.3 Å². The van der Waals surface area contributed by atoms with Crippen LogP contribution in [0.2, 0.25) is 5.02 Å². The summed E-state index contributed by atoms with van der Waals surface area (Å²) in [6.45, 7) is 0. The summed E-state index contributed by atoms with van der Waals surface area (Å²) >= 11 is 6.20. The van der Waals surface area contributed by atoms with Crippen LogP contribution in [0.4, 0.5) is 0 Å². The van der Waals surface area contributed by atoms with Gasteiger partial charge in [-0.05, 0) is 35.9 Å². The molecule has 2 aromatic heterocycles. The first-order chi connectivity index (χ1) is 16.1. The van der Waals surface area contributed by atoms with Crippen molar-refractivity contribution in [3.8, 4) is 0 Å². The fraction of sp³-hybridized carbons (Fsp3) is 0.0800. The molecule has 1 atom stereocenters. The number of nitrogens with zero attached hydrogens (tertiary/aromatic N) is 2. The van der Waals surface area contributed by atoms with Gasteiger partial charge in [0.05, 0.1) is 21.6 Å². The Morgan fingerprint density at radius 1 is 1.00 bits per heavy atom. The van der Waals surface area contributed by atoms with E-state index in [2.05, 4.69) is 20.7 Å². The van der Waals surface area contributed by atoms with E-state index in [-0.39, 0.29) is 5.91 Å². The van der Waals surface area contributed by atoms with Crippen LogP contribution in [0.5, 0.6) is 0 Å². The van der Waals surface area contributed by atoms with Crippen molar-refractivity contribution in [3.63, 3.8) is 0 Å². The number of para-hydroxylation sites is 3. The number of halogens is 1. The summed E-state index contributed by atoms with van der Waals surface area (Å²) in [7, 11) is 0. The Morgan fingerprint density at radius 2 is 1.76 bits per heavy atom. The molecule has 5 rings (SSSR count). The van der Waals surface area contributed by atoms with E-state index in [0.717, 1.165) is 27.5 Å². The van der Waals surface area contributed by atoms with E-state index in [0.29, 0.717) is 17.0 Å². The second-order valence-electron chi connectivity index (χ2n) is 7.65. The van der Waals surface area contributed by atoms with E-state index < -0.39 is 11.9 Å². The summed E-state index contributed by atoms with van der Waals surface area (Å²) in [6.07, 6.45) is 3.69. The average molecular weight is 458 g/mol. The predicted molar refractivity (Wildman–Crippen MR) is 129 cm³/mol. The highest BCUT2D eigenvalue weighted by Gasteiger charge is 2.25. The van der Waals surface area contributed by atoms with Gasteiger partial charge in [0, 0.05) is 23.5 Å². The van der Waals surface area contributed by atoms with Crippen LogP contribution in [-0.2, 0) is 11.2 Å². The summed E-state index contributed by atoms with van der Waals surface area (Å²) < 4.78 is 1.56. The number of hydrogen-bond acceptors (Lipinski definition) is 3. The van der Waals surface area contributed by atoms with E-state index in [4.69, 9.17) is 11.6 Å². The van der Waals surface area contributed by atoms with Gasteiger partial charge in [0.1, 0.15) is 12.4 Å². The highest BCUT2D eigenvalue weighted by molar-refractivity contribution is 6.33. The lowest BCUT2D eigenvalue weighted by Crippen LogP contribution is -2.47. The summed E-state index contributed by atoms with van der Waals surface area (Å²) in [5, 5.41) is 4.17. The van der Waals surface area contributed by atoms with Crippen molar-refractivity contribution in [3.05, 3.63) is 101 Å². The van der Waals surface area contributed by atoms with Gasteiger partial charge in [0.15, 0.2) is 0 Å². The van der Waals surface area contributed by atoms with Gasteiger partial charge in [-0.2, -0.15) is 0 Å². The van der Waals surface area contributed by atoms with Gasteiger partial charge in [-0.15, -0.1) is 0 Å². The smallest absolute Gasteiger partial charge is 0.261 e. The molecule has 0 aliphatic heterocycles. The zero-order chi connectivity index (χ0) is 22.8. The molecule has 2 heterocycles. The van der Waals surface area contributed by atoms with Gasteiger partial charge in [-0.3, -0.25) is 15.0 Å². The molecule has 0 aliphatic carbocycles. The first kappa shape index (κ1) is 20.8. The molecule has 0 fully saturated rings. The number of aromatic amines is 1. The molecular weight excluding hydrogens is 438 g/mol. The van der Waals surface area contributed by atoms with Crippen LogP contribution in [0.1, 0.15) is 15.9 Å². The Bertz CT molecular complexity index is 1470. The summed E-state index contributed by atoms with van der Waals surface area (Å²) in [5.74, 6) is -0.792. The molecule has 0 unspecified atom stereocenters. The van der Waals surface area contributed by atoms with Crippen LogP contribution in [-0.4, -0.2) is 32.5 Å². The number of H-pyrrole nitrogens is 1. The van der Waals surface area contributed by atoms with Gasteiger partial charge in [0.25, 0.3) is 11.8 Å². The highest BCUT2D eigenvalue weighted by atomic mass is 35.5. The number of carbonyl (C=O) groups is 2. The fourth-order valence-electron chi connectivity index (χ4n) is 3.86. The Morgan fingerprint density at radius 3 is 2.64 bits per heavy atom. The maximum absolute atomic E-state index is 13.4. The molecule has 0 saturated carbocycles. The molecule has 7 nitrogen and oxygen atoms in total. The predicted octanol–water partition coefficient (Wildman–Crippen LogP) is 4.28. The summed E-state index contributed by atoms with van der Waals surface area (Å²) in [4.78, 5) is 33.9. The lowest BCUT2D eigenvalue weighted by molar-refractivity contribution is -0.118. The van der Waals surface area contributed by atoms with E-state index in [1.807, 2.05) is 54.7 Å². The molecule has 0 saturated heterocycles. The molecule has 2 amide bonds. The van der Waals surface area contributed by atoms with Crippen LogP contribution in [0, 0.1) is 0 Å². The quantitative estimate of drug-likeness (QED) is 0.355. The minimum atomic E-state index is -0.853. The second-order valence-corrected chi connectivity index (χ2v) is 8.06. The number of amides is 2. The molecule has 0 spiro atoms. The number of imidazole rings is 1. The monoisotopic (exact) mass is 457 g/mol. The number of hydrogen-bond donors (Lipinski definition) is 3. The van der Waals surface area contributed by atoms with E-state index in [1.165, 1.54) is 0 Å². The fourth-order valence-corrected chi connectivity index (χ4v) is 4.08. The van der Waals surface area contributed by atoms with Crippen LogP contribution >= 0.6 is 11.6 Å². The molecule has 5 aromatic rings. The molecule has 33 heavy (non-hydrogen) atoms. The number of carbonyl (C=O) groups excluding carboxylic acids is 2. The van der Waals surface area contributed by atoms with Gasteiger partial charge in [-0.25, -0.2) is 9.66 Å².